The molecule has 0 spiro atoms. The van der Waals surface area contributed by atoms with Gasteiger partial charge >= 0.3 is 0 Å². The van der Waals surface area contributed by atoms with E-state index in [1.54, 1.807) is 6.07 Å². The van der Waals surface area contributed by atoms with Crippen LogP contribution in [-0.2, 0) is 6.61 Å². The van der Waals surface area contributed by atoms with Crippen LogP contribution >= 0.6 is 0 Å². The molecule has 0 fully saturated rings. The average Bonchev–Trinajstić information content (AvgIpc) is 2.29. The van der Waals surface area contributed by atoms with Gasteiger partial charge in [-0.25, -0.2) is 9.37 Å². The first-order valence-corrected chi connectivity index (χ1v) is 4.73. The fraction of sp³-hybridized carbons (Fsp3) is 0.0833. The maximum absolute atomic E-state index is 13.5. The van der Waals surface area contributed by atoms with Crippen LogP contribution in [0.2, 0.25) is 0 Å². The Hall–Kier alpha value is -1.81. The maximum Gasteiger partial charge on any atom is 0.213 e. The molecule has 0 saturated heterocycles. The summed E-state index contributed by atoms with van der Waals surface area (Å²) in [4.78, 5) is 3.61. The summed E-state index contributed by atoms with van der Waals surface area (Å²) in [6, 6.07) is 8.46. The summed E-state index contributed by atoms with van der Waals surface area (Å²) in [7, 11) is 0. The smallest absolute Gasteiger partial charge is 0.213 e. The van der Waals surface area contributed by atoms with E-state index in [1.165, 1.54) is 24.3 Å². The van der Waals surface area contributed by atoms with E-state index in [0.717, 1.165) is 6.07 Å². The number of aromatic nitrogens is 1. The van der Waals surface area contributed by atoms with Crippen molar-refractivity contribution >= 4 is 0 Å². The number of hydrogen-bond acceptors (Lipinski definition) is 2. The van der Waals surface area contributed by atoms with Gasteiger partial charge in [-0.2, -0.15) is 4.39 Å². The van der Waals surface area contributed by atoms with Crippen molar-refractivity contribution in [2.45, 2.75) is 6.61 Å². The van der Waals surface area contributed by atoms with Crippen molar-refractivity contribution in [2.75, 3.05) is 0 Å². The monoisotopic (exact) mass is 221 g/mol. The number of nitrogens with zero attached hydrogens (tertiary/aromatic N) is 1. The van der Waals surface area contributed by atoms with E-state index in [0.29, 0.717) is 5.56 Å². The molecule has 1 aromatic heterocycles. The molecule has 1 aromatic carbocycles. The Kier molecular flexibility index (Phi) is 2.92. The van der Waals surface area contributed by atoms with Crippen LogP contribution in [-0.4, -0.2) is 10.1 Å². The predicted molar refractivity (Wildman–Crippen MR) is 55.5 cm³/mol. The Bertz CT molecular complexity index is 514. The molecule has 0 amide bonds. The maximum atomic E-state index is 13.5. The Labute approximate surface area is 91.2 Å². The SMILES string of the molecule is OCc1ccc(F)nc1-c1ccccc1F. The first kappa shape index (κ1) is 10.7. The summed E-state index contributed by atoms with van der Waals surface area (Å²) >= 11 is 0. The van der Waals surface area contributed by atoms with Crippen LogP contribution in [0.25, 0.3) is 11.3 Å². The molecule has 0 aliphatic carbocycles. The van der Waals surface area contributed by atoms with Gasteiger partial charge in [0.15, 0.2) is 0 Å². The Morgan fingerprint density at radius 1 is 1.06 bits per heavy atom. The average molecular weight is 221 g/mol. The minimum atomic E-state index is -0.699. The van der Waals surface area contributed by atoms with Crippen LogP contribution in [0, 0.1) is 11.8 Å². The fourth-order valence-electron chi connectivity index (χ4n) is 1.48. The number of aliphatic hydroxyl groups is 1. The number of hydrogen-bond donors (Lipinski definition) is 1. The lowest BCUT2D eigenvalue weighted by Gasteiger charge is -2.07. The molecule has 2 rings (SSSR count). The number of pyridine rings is 1. The normalized spacial score (nSPS) is 10.4. The molecule has 0 unspecified atom stereocenters. The van der Waals surface area contributed by atoms with Crippen LogP contribution in [0.5, 0.6) is 0 Å². The summed E-state index contributed by atoms with van der Waals surface area (Å²) in [6.45, 7) is -0.309. The van der Waals surface area contributed by atoms with E-state index in [9.17, 15) is 8.78 Å². The Balaban J connectivity index is 2.63. The highest BCUT2D eigenvalue weighted by Crippen LogP contribution is 2.24. The van der Waals surface area contributed by atoms with Crippen LogP contribution in [0.1, 0.15) is 5.56 Å². The zero-order valence-corrected chi connectivity index (χ0v) is 8.32. The van der Waals surface area contributed by atoms with Crippen molar-refractivity contribution < 1.29 is 13.9 Å². The fourth-order valence-corrected chi connectivity index (χ4v) is 1.48. The third-order valence-electron chi connectivity index (χ3n) is 2.24. The summed E-state index contributed by atoms with van der Waals surface area (Å²) in [5, 5.41) is 9.08. The van der Waals surface area contributed by atoms with E-state index in [-0.39, 0.29) is 17.9 Å². The zero-order valence-electron chi connectivity index (χ0n) is 8.32. The topological polar surface area (TPSA) is 33.1 Å². The second kappa shape index (κ2) is 4.37. The molecular formula is C12H9F2NO. The molecule has 0 aliphatic rings. The third kappa shape index (κ3) is 1.92. The minimum absolute atomic E-state index is 0.139. The second-order valence-corrected chi connectivity index (χ2v) is 3.28. The summed E-state index contributed by atoms with van der Waals surface area (Å²) in [5.41, 5.74) is 0.721. The Morgan fingerprint density at radius 3 is 2.50 bits per heavy atom. The van der Waals surface area contributed by atoms with Crippen LogP contribution in [0.15, 0.2) is 36.4 Å². The van der Waals surface area contributed by atoms with E-state index < -0.39 is 11.8 Å². The van der Waals surface area contributed by atoms with Gasteiger partial charge in [0.1, 0.15) is 5.82 Å². The molecule has 2 aromatic rings. The van der Waals surface area contributed by atoms with Gasteiger partial charge in [-0.1, -0.05) is 12.1 Å². The van der Waals surface area contributed by atoms with Crippen molar-refractivity contribution in [3.63, 3.8) is 0 Å². The summed E-state index contributed by atoms with van der Waals surface area (Å²) < 4.78 is 26.5. The van der Waals surface area contributed by atoms with Gasteiger partial charge in [0.25, 0.3) is 0 Å². The number of benzene rings is 1. The molecular weight excluding hydrogens is 212 g/mol. The largest absolute Gasteiger partial charge is 0.392 e. The minimum Gasteiger partial charge on any atom is -0.392 e. The van der Waals surface area contributed by atoms with E-state index in [2.05, 4.69) is 4.98 Å². The Morgan fingerprint density at radius 2 is 1.81 bits per heavy atom. The number of rotatable bonds is 2. The molecule has 4 heteroatoms. The van der Waals surface area contributed by atoms with Crippen molar-refractivity contribution in [3.8, 4) is 11.3 Å². The highest BCUT2D eigenvalue weighted by Gasteiger charge is 2.11. The molecule has 1 N–H and O–H groups in total. The predicted octanol–water partition coefficient (Wildman–Crippen LogP) is 2.52. The molecule has 0 aliphatic heterocycles. The highest BCUT2D eigenvalue weighted by atomic mass is 19.1. The summed E-state index contributed by atoms with van der Waals surface area (Å²) in [6.07, 6.45) is 0. The van der Waals surface area contributed by atoms with E-state index >= 15 is 0 Å². The number of aliphatic hydroxyl groups excluding tert-OH is 1. The second-order valence-electron chi connectivity index (χ2n) is 3.28. The van der Waals surface area contributed by atoms with Crippen LogP contribution in [0.4, 0.5) is 8.78 Å². The highest BCUT2D eigenvalue weighted by molar-refractivity contribution is 5.63. The van der Waals surface area contributed by atoms with Crippen molar-refractivity contribution in [1.82, 2.24) is 4.98 Å². The van der Waals surface area contributed by atoms with E-state index in [1.807, 2.05) is 0 Å². The first-order valence-electron chi connectivity index (χ1n) is 4.73. The quantitative estimate of drug-likeness (QED) is 0.790. The lowest BCUT2D eigenvalue weighted by molar-refractivity contribution is 0.281. The molecule has 0 saturated carbocycles. The molecule has 0 atom stereocenters. The summed E-state index contributed by atoms with van der Waals surface area (Å²) in [5.74, 6) is -1.19. The van der Waals surface area contributed by atoms with Gasteiger partial charge < -0.3 is 5.11 Å². The molecule has 82 valence electrons. The van der Waals surface area contributed by atoms with Crippen molar-refractivity contribution in [1.29, 1.82) is 0 Å². The zero-order chi connectivity index (χ0) is 11.5. The lowest BCUT2D eigenvalue weighted by Crippen LogP contribution is -1.97. The van der Waals surface area contributed by atoms with Crippen LogP contribution in [0.3, 0.4) is 0 Å². The van der Waals surface area contributed by atoms with E-state index in [4.69, 9.17) is 5.11 Å². The van der Waals surface area contributed by atoms with Gasteiger partial charge in [-0.15, -0.1) is 0 Å². The van der Waals surface area contributed by atoms with Gasteiger partial charge in [-0.3, -0.25) is 0 Å². The molecule has 16 heavy (non-hydrogen) atoms. The van der Waals surface area contributed by atoms with Gasteiger partial charge in [0.05, 0.1) is 12.3 Å². The lowest BCUT2D eigenvalue weighted by atomic mass is 10.1. The van der Waals surface area contributed by atoms with Gasteiger partial charge in [0, 0.05) is 11.1 Å². The van der Waals surface area contributed by atoms with Crippen molar-refractivity contribution in [2.24, 2.45) is 0 Å². The van der Waals surface area contributed by atoms with Gasteiger partial charge in [0.2, 0.25) is 5.95 Å². The molecule has 0 bridgehead atoms. The molecule has 2 nitrogen and oxygen atoms in total. The standard InChI is InChI=1S/C12H9F2NO/c13-10-4-2-1-3-9(10)12-8(7-16)5-6-11(14)15-12/h1-6,16H,7H2. The molecule has 1 heterocycles. The number of halogens is 2. The third-order valence-corrected chi connectivity index (χ3v) is 2.24. The van der Waals surface area contributed by atoms with Crippen molar-refractivity contribution in [3.05, 3.63) is 53.7 Å². The molecule has 0 radical (unpaired) electrons. The van der Waals surface area contributed by atoms with Crippen LogP contribution < -0.4 is 0 Å². The van der Waals surface area contributed by atoms with Gasteiger partial charge in [-0.05, 0) is 24.3 Å². The first-order chi connectivity index (χ1) is 7.72.